The summed E-state index contributed by atoms with van der Waals surface area (Å²) < 4.78 is 18.3. The van der Waals surface area contributed by atoms with Crippen molar-refractivity contribution in [2.45, 2.75) is 30.8 Å². The van der Waals surface area contributed by atoms with Gasteiger partial charge >= 0.3 is 0 Å². The Hall–Kier alpha value is -0.780. The van der Waals surface area contributed by atoms with Crippen molar-refractivity contribution >= 4 is 17.4 Å². The molecule has 1 aromatic carbocycles. The lowest BCUT2D eigenvalue weighted by Crippen LogP contribution is -2.18. The number of nitrogens with two attached hydrogens (primary N) is 1. The van der Waals surface area contributed by atoms with Crippen LogP contribution in [0.1, 0.15) is 19.8 Å². The highest BCUT2D eigenvalue weighted by molar-refractivity contribution is 7.99. The van der Waals surface area contributed by atoms with Crippen LogP contribution in [0.4, 0.5) is 10.1 Å². The summed E-state index contributed by atoms with van der Waals surface area (Å²) in [6.45, 7) is 3.06. The molecule has 102 valence electrons. The molecule has 1 unspecified atom stereocenters. The Morgan fingerprint density at radius 2 is 2.28 bits per heavy atom. The first-order valence-corrected chi connectivity index (χ1v) is 7.05. The second kappa shape index (κ2) is 8.34. The minimum atomic E-state index is -0.561. The fraction of sp³-hybridized carbons (Fsp3) is 0.538. The van der Waals surface area contributed by atoms with Gasteiger partial charge in [-0.05, 0) is 24.6 Å². The van der Waals surface area contributed by atoms with Gasteiger partial charge in [0.2, 0.25) is 0 Å². The zero-order valence-electron chi connectivity index (χ0n) is 10.6. The largest absolute Gasteiger partial charge is 0.398 e. The minimum absolute atomic E-state index is 0.308. The van der Waals surface area contributed by atoms with Crippen molar-refractivity contribution in [1.29, 1.82) is 0 Å². The standard InChI is InChI=1S/C13H20FNO2S/c1-2-3-6-17-8-11(16)9-18-13-7-10(14)4-5-12(13)15/h4-5,7,11,16H,2-3,6,8-9,15H2,1H3. The number of hydrogen-bond acceptors (Lipinski definition) is 4. The number of unbranched alkanes of at least 4 members (excludes halogenated alkanes) is 1. The van der Waals surface area contributed by atoms with Crippen LogP contribution in [0.25, 0.3) is 0 Å². The molecule has 0 aliphatic rings. The van der Waals surface area contributed by atoms with Crippen LogP contribution in [-0.4, -0.2) is 30.2 Å². The molecule has 0 saturated carbocycles. The van der Waals surface area contributed by atoms with Crippen molar-refractivity contribution < 1.29 is 14.2 Å². The normalized spacial score (nSPS) is 12.6. The Labute approximate surface area is 112 Å². The maximum absolute atomic E-state index is 13.0. The average molecular weight is 273 g/mol. The Balaban J connectivity index is 2.29. The lowest BCUT2D eigenvalue weighted by molar-refractivity contribution is 0.0473. The molecule has 1 rings (SSSR count). The fourth-order valence-electron chi connectivity index (χ4n) is 1.33. The molecular formula is C13H20FNO2S. The number of halogens is 1. The summed E-state index contributed by atoms with van der Waals surface area (Å²) in [6.07, 6.45) is 1.51. The van der Waals surface area contributed by atoms with Gasteiger partial charge in [0.25, 0.3) is 0 Å². The Kier molecular flexibility index (Phi) is 7.08. The second-order valence-corrected chi connectivity index (χ2v) is 5.14. The molecule has 3 nitrogen and oxygen atoms in total. The van der Waals surface area contributed by atoms with Gasteiger partial charge in [-0.15, -0.1) is 11.8 Å². The highest BCUT2D eigenvalue weighted by atomic mass is 32.2. The minimum Gasteiger partial charge on any atom is -0.398 e. The van der Waals surface area contributed by atoms with E-state index in [0.29, 0.717) is 29.5 Å². The third-order valence-corrected chi connectivity index (χ3v) is 3.58. The number of hydrogen-bond donors (Lipinski definition) is 2. The molecular weight excluding hydrogens is 253 g/mol. The van der Waals surface area contributed by atoms with Crippen LogP contribution in [0.5, 0.6) is 0 Å². The molecule has 0 amide bonds. The van der Waals surface area contributed by atoms with Gasteiger partial charge in [0.1, 0.15) is 5.82 Å². The predicted molar refractivity (Wildman–Crippen MR) is 73.3 cm³/mol. The maximum atomic E-state index is 13.0. The predicted octanol–water partition coefficient (Wildman–Crippen LogP) is 2.68. The topological polar surface area (TPSA) is 55.5 Å². The first kappa shape index (κ1) is 15.3. The highest BCUT2D eigenvalue weighted by Gasteiger charge is 2.08. The lowest BCUT2D eigenvalue weighted by Gasteiger charge is -2.11. The van der Waals surface area contributed by atoms with E-state index in [-0.39, 0.29) is 5.82 Å². The van der Waals surface area contributed by atoms with Crippen LogP contribution < -0.4 is 5.73 Å². The van der Waals surface area contributed by atoms with Crippen molar-refractivity contribution in [2.24, 2.45) is 0 Å². The average Bonchev–Trinajstić information content (AvgIpc) is 2.36. The molecule has 0 aliphatic carbocycles. The number of rotatable bonds is 8. The molecule has 3 N–H and O–H groups in total. The summed E-state index contributed by atoms with van der Waals surface area (Å²) in [4.78, 5) is 0.655. The van der Waals surface area contributed by atoms with Gasteiger partial charge in [0.15, 0.2) is 0 Å². The zero-order valence-corrected chi connectivity index (χ0v) is 11.4. The van der Waals surface area contributed by atoms with Gasteiger partial charge in [-0.2, -0.15) is 0 Å². The van der Waals surface area contributed by atoms with Crippen LogP contribution in [0, 0.1) is 5.82 Å². The third kappa shape index (κ3) is 5.71. The van der Waals surface area contributed by atoms with Crippen molar-refractivity contribution in [2.75, 3.05) is 24.7 Å². The number of nitrogen functional groups attached to an aromatic ring is 1. The summed E-state index contributed by atoms with van der Waals surface area (Å²) in [5.41, 5.74) is 6.24. The van der Waals surface area contributed by atoms with E-state index in [4.69, 9.17) is 10.5 Å². The number of anilines is 1. The molecule has 18 heavy (non-hydrogen) atoms. The molecule has 0 fully saturated rings. The summed E-state index contributed by atoms with van der Waals surface area (Å²) in [7, 11) is 0. The molecule has 0 spiro atoms. The number of aliphatic hydroxyl groups excluding tert-OH is 1. The van der Waals surface area contributed by atoms with E-state index in [1.807, 2.05) is 0 Å². The summed E-state index contributed by atoms with van der Waals surface area (Å²) in [5, 5.41) is 9.69. The van der Waals surface area contributed by atoms with Crippen molar-refractivity contribution in [3.05, 3.63) is 24.0 Å². The summed E-state index contributed by atoms with van der Waals surface area (Å²) in [6, 6.07) is 4.23. The van der Waals surface area contributed by atoms with Crippen LogP contribution in [0.15, 0.2) is 23.1 Å². The number of benzene rings is 1. The van der Waals surface area contributed by atoms with E-state index in [1.54, 1.807) is 0 Å². The van der Waals surface area contributed by atoms with Crippen molar-refractivity contribution in [3.8, 4) is 0 Å². The van der Waals surface area contributed by atoms with E-state index < -0.39 is 6.10 Å². The maximum Gasteiger partial charge on any atom is 0.124 e. The smallest absolute Gasteiger partial charge is 0.124 e. The quantitative estimate of drug-likeness (QED) is 0.434. The van der Waals surface area contributed by atoms with Crippen LogP contribution in [0.2, 0.25) is 0 Å². The molecule has 0 radical (unpaired) electrons. The van der Waals surface area contributed by atoms with E-state index in [1.165, 1.54) is 30.0 Å². The van der Waals surface area contributed by atoms with Gasteiger partial charge in [0.05, 0.1) is 12.7 Å². The Morgan fingerprint density at radius 3 is 3.00 bits per heavy atom. The van der Waals surface area contributed by atoms with E-state index >= 15 is 0 Å². The first-order chi connectivity index (χ1) is 8.63. The van der Waals surface area contributed by atoms with Crippen molar-refractivity contribution in [1.82, 2.24) is 0 Å². The monoisotopic (exact) mass is 273 g/mol. The van der Waals surface area contributed by atoms with Gasteiger partial charge < -0.3 is 15.6 Å². The Bertz CT molecular complexity index is 363. The Morgan fingerprint density at radius 1 is 1.50 bits per heavy atom. The van der Waals surface area contributed by atoms with Gasteiger partial charge in [-0.3, -0.25) is 0 Å². The molecule has 0 heterocycles. The van der Waals surface area contributed by atoms with E-state index in [9.17, 15) is 9.50 Å². The lowest BCUT2D eigenvalue weighted by atomic mass is 10.3. The van der Waals surface area contributed by atoms with E-state index in [0.717, 1.165) is 12.8 Å². The molecule has 5 heteroatoms. The molecule has 0 aromatic heterocycles. The van der Waals surface area contributed by atoms with E-state index in [2.05, 4.69) is 6.92 Å². The molecule has 0 aliphatic heterocycles. The van der Waals surface area contributed by atoms with Crippen LogP contribution in [-0.2, 0) is 4.74 Å². The molecule has 1 aromatic rings. The molecule has 0 bridgehead atoms. The fourth-order valence-corrected chi connectivity index (χ4v) is 2.23. The first-order valence-electron chi connectivity index (χ1n) is 6.07. The third-order valence-electron chi connectivity index (χ3n) is 2.36. The molecule has 1 atom stereocenters. The molecule has 0 saturated heterocycles. The number of ether oxygens (including phenoxy) is 1. The summed E-state index contributed by atoms with van der Waals surface area (Å²) in [5.74, 6) is 0.125. The van der Waals surface area contributed by atoms with Crippen LogP contribution >= 0.6 is 11.8 Å². The number of aliphatic hydroxyl groups is 1. The van der Waals surface area contributed by atoms with Crippen molar-refractivity contribution in [3.63, 3.8) is 0 Å². The van der Waals surface area contributed by atoms with Gasteiger partial charge in [-0.25, -0.2) is 4.39 Å². The van der Waals surface area contributed by atoms with Gasteiger partial charge in [-0.1, -0.05) is 13.3 Å². The van der Waals surface area contributed by atoms with Gasteiger partial charge in [0, 0.05) is 22.9 Å². The SMILES string of the molecule is CCCCOCC(O)CSc1cc(F)ccc1N. The zero-order chi connectivity index (χ0) is 13.4. The second-order valence-electron chi connectivity index (χ2n) is 4.08. The summed E-state index contributed by atoms with van der Waals surface area (Å²) >= 11 is 1.34. The number of thioether (sulfide) groups is 1. The van der Waals surface area contributed by atoms with Crippen LogP contribution in [0.3, 0.4) is 0 Å². The highest BCUT2D eigenvalue weighted by Crippen LogP contribution is 2.26.